The number of imidazole rings is 1. The van der Waals surface area contributed by atoms with E-state index in [4.69, 9.17) is 9.72 Å². The fourth-order valence-corrected chi connectivity index (χ4v) is 7.92. The van der Waals surface area contributed by atoms with Gasteiger partial charge in [0.05, 0.1) is 22.4 Å². The summed E-state index contributed by atoms with van der Waals surface area (Å²) in [6, 6.07) is 53.5. The molecule has 58 heavy (non-hydrogen) atoms. The lowest BCUT2D eigenvalue weighted by Gasteiger charge is -2.19. The normalized spacial score (nSPS) is 12.4. The SMILES string of the molecule is CC(C)C(C)c1ccnc(-n2c3ccc(C(C)(C)C)cc3c3ccc(Oc4cccc(-n5[c-][n+](-c6c(-c7ccccc7)cccc6-c6ccccc6)cc5)c4)cc32)c1. The Balaban J connectivity index is 1.10. The minimum absolute atomic E-state index is 0.0213. The molecule has 0 saturated carbocycles. The maximum atomic E-state index is 6.68. The van der Waals surface area contributed by atoms with Crippen LogP contribution in [0.3, 0.4) is 0 Å². The van der Waals surface area contributed by atoms with Crippen molar-refractivity contribution in [2.75, 3.05) is 0 Å². The summed E-state index contributed by atoms with van der Waals surface area (Å²) >= 11 is 0. The fraction of sp³-hybridized carbons (Fsp3) is 0.170. The number of para-hydroxylation sites is 1. The van der Waals surface area contributed by atoms with Gasteiger partial charge < -0.3 is 4.74 Å². The van der Waals surface area contributed by atoms with E-state index in [2.05, 4.69) is 203 Å². The van der Waals surface area contributed by atoms with Crippen LogP contribution in [0.4, 0.5) is 0 Å². The van der Waals surface area contributed by atoms with Gasteiger partial charge in [0.2, 0.25) is 0 Å². The van der Waals surface area contributed by atoms with Crippen LogP contribution in [0.5, 0.6) is 11.5 Å². The highest BCUT2D eigenvalue weighted by Crippen LogP contribution is 2.38. The molecule has 9 aromatic rings. The second-order valence-electron chi connectivity index (χ2n) is 16.6. The average molecular weight is 757 g/mol. The van der Waals surface area contributed by atoms with Crippen molar-refractivity contribution in [2.24, 2.45) is 5.92 Å². The van der Waals surface area contributed by atoms with E-state index < -0.39 is 0 Å². The highest BCUT2D eigenvalue weighted by molar-refractivity contribution is 6.09. The standard InChI is InChI=1S/C53H48N4O/c1-36(2)37(3)40-27-28-54-51(31-40)57-49-26-23-41(53(4,5)6)32-48(49)47-25-24-44(34-50(47)57)58-43-20-13-19-42(33-43)55-29-30-56(35-55)52-45(38-15-9-7-10-16-38)21-14-22-46(52)39-17-11-8-12-18-39/h7-34,36-37H,1-6H3. The van der Waals surface area contributed by atoms with Crippen molar-refractivity contribution in [2.45, 2.75) is 52.9 Å². The lowest BCUT2D eigenvalue weighted by Crippen LogP contribution is -2.30. The topological polar surface area (TPSA) is 35.9 Å². The van der Waals surface area contributed by atoms with E-state index in [-0.39, 0.29) is 5.41 Å². The first-order chi connectivity index (χ1) is 28.1. The monoisotopic (exact) mass is 756 g/mol. The van der Waals surface area contributed by atoms with Gasteiger partial charge in [0.1, 0.15) is 17.3 Å². The van der Waals surface area contributed by atoms with Crippen LogP contribution in [0.2, 0.25) is 0 Å². The van der Waals surface area contributed by atoms with Crippen molar-refractivity contribution in [1.82, 2.24) is 14.1 Å². The van der Waals surface area contributed by atoms with Gasteiger partial charge in [-0.3, -0.25) is 13.7 Å². The second-order valence-corrected chi connectivity index (χ2v) is 16.6. The summed E-state index contributed by atoms with van der Waals surface area (Å²) in [4.78, 5) is 4.94. The Kier molecular flexibility index (Phi) is 9.53. The molecule has 3 aromatic heterocycles. The summed E-state index contributed by atoms with van der Waals surface area (Å²) in [5.74, 6) is 3.33. The van der Waals surface area contributed by atoms with Gasteiger partial charge in [0.15, 0.2) is 0 Å². The van der Waals surface area contributed by atoms with Crippen LogP contribution in [-0.2, 0) is 5.41 Å². The van der Waals surface area contributed by atoms with Crippen LogP contribution in [-0.4, -0.2) is 14.1 Å². The van der Waals surface area contributed by atoms with Crippen molar-refractivity contribution in [3.63, 3.8) is 0 Å². The van der Waals surface area contributed by atoms with Crippen LogP contribution in [0.1, 0.15) is 58.6 Å². The zero-order valence-corrected chi connectivity index (χ0v) is 34.0. The third-order valence-electron chi connectivity index (χ3n) is 11.5. The average Bonchev–Trinajstić information content (AvgIpc) is 3.87. The number of aromatic nitrogens is 4. The summed E-state index contributed by atoms with van der Waals surface area (Å²) in [7, 11) is 0. The maximum Gasteiger partial charge on any atom is 0.268 e. The van der Waals surface area contributed by atoms with Crippen molar-refractivity contribution in [3.05, 3.63) is 188 Å². The first kappa shape index (κ1) is 36.9. The summed E-state index contributed by atoms with van der Waals surface area (Å²) in [6.45, 7) is 13.6. The first-order valence-corrected chi connectivity index (χ1v) is 20.2. The maximum absolute atomic E-state index is 6.68. The van der Waals surface area contributed by atoms with Gasteiger partial charge in [-0.2, -0.15) is 0 Å². The number of hydrogen-bond acceptors (Lipinski definition) is 2. The molecule has 0 fully saturated rings. The molecule has 3 heterocycles. The molecular weight excluding hydrogens is 709 g/mol. The summed E-state index contributed by atoms with van der Waals surface area (Å²) < 4.78 is 13.1. The van der Waals surface area contributed by atoms with Gasteiger partial charge in [-0.05, 0) is 105 Å². The number of benzene rings is 6. The highest BCUT2D eigenvalue weighted by Gasteiger charge is 2.21. The van der Waals surface area contributed by atoms with Gasteiger partial charge in [0.25, 0.3) is 6.33 Å². The number of hydrogen-bond donors (Lipinski definition) is 0. The highest BCUT2D eigenvalue weighted by atomic mass is 16.5. The molecule has 0 radical (unpaired) electrons. The van der Waals surface area contributed by atoms with Crippen LogP contribution < -0.4 is 9.30 Å². The number of pyridine rings is 1. The number of fused-ring (bicyclic) bond motifs is 3. The third-order valence-corrected chi connectivity index (χ3v) is 11.5. The van der Waals surface area contributed by atoms with Gasteiger partial charge >= 0.3 is 0 Å². The van der Waals surface area contributed by atoms with E-state index in [9.17, 15) is 0 Å². The Morgan fingerprint density at radius 3 is 2.02 bits per heavy atom. The summed E-state index contributed by atoms with van der Waals surface area (Å²) in [5.41, 5.74) is 11.4. The lowest BCUT2D eigenvalue weighted by molar-refractivity contribution is -0.598. The quantitative estimate of drug-likeness (QED) is 0.109. The number of rotatable bonds is 9. The smallest absolute Gasteiger partial charge is 0.268 e. The van der Waals surface area contributed by atoms with Gasteiger partial charge in [0, 0.05) is 35.4 Å². The Bertz CT molecular complexity index is 2840. The van der Waals surface area contributed by atoms with Crippen molar-refractivity contribution in [3.8, 4) is 50.9 Å². The predicted octanol–water partition coefficient (Wildman–Crippen LogP) is 13.2. The Morgan fingerprint density at radius 2 is 1.33 bits per heavy atom. The molecule has 0 saturated heterocycles. The van der Waals surface area contributed by atoms with Gasteiger partial charge in [-0.1, -0.05) is 133 Å². The molecule has 9 rings (SSSR count). The van der Waals surface area contributed by atoms with E-state index in [0.717, 1.165) is 62.0 Å². The lowest BCUT2D eigenvalue weighted by atomic mass is 9.86. The minimum Gasteiger partial charge on any atom is -0.458 e. The van der Waals surface area contributed by atoms with E-state index in [1.807, 2.05) is 29.1 Å². The second kappa shape index (κ2) is 15.0. The molecule has 1 unspecified atom stereocenters. The minimum atomic E-state index is 0.0213. The molecule has 0 N–H and O–H groups in total. The molecule has 286 valence electrons. The molecule has 0 aliphatic carbocycles. The molecule has 1 atom stereocenters. The molecule has 0 aliphatic heterocycles. The molecule has 5 heteroatoms. The first-order valence-electron chi connectivity index (χ1n) is 20.2. The molecule has 6 aromatic carbocycles. The van der Waals surface area contributed by atoms with Crippen LogP contribution >= 0.6 is 0 Å². The van der Waals surface area contributed by atoms with E-state index >= 15 is 0 Å². The van der Waals surface area contributed by atoms with E-state index in [1.54, 1.807) is 0 Å². The largest absolute Gasteiger partial charge is 0.458 e. The molecule has 0 aliphatic rings. The van der Waals surface area contributed by atoms with Crippen LogP contribution in [0, 0.1) is 12.2 Å². The van der Waals surface area contributed by atoms with E-state index in [0.29, 0.717) is 11.8 Å². The van der Waals surface area contributed by atoms with Crippen molar-refractivity contribution in [1.29, 1.82) is 0 Å². The van der Waals surface area contributed by atoms with Crippen molar-refractivity contribution >= 4 is 21.8 Å². The van der Waals surface area contributed by atoms with Gasteiger partial charge in [-0.15, -0.1) is 0 Å². The van der Waals surface area contributed by atoms with E-state index in [1.165, 1.54) is 21.9 Å². The Labute approximate surface area is 341 Å². The molecule has 0 amide bonds. The number of nitrogens with zero attached hydrogens (tertiary/aromatic N) is 4. The zero-order valence-electron chi connectivity index (χ0n) is 34.0. The summed E-state index contributed by atoms with van der Waals surface area (Å²) in [6.07, 6.45) is 9.69. The number of ether oxygens (including phenoxy) is 1. The molecule has 0 bridgehead atoms. The zero-order chi connectivity index (χ0) is 40.0. The Morgan fingerprint density at radius 1 is 0.638 bits per heavy atom. The van der Waals surface area contributed by atoms with Crippen LogP contribution in [0.25, 0.3) is 61.3 Å². The predicted molar refractivity (Wildman–Crippen MR) is 238 cm³/mol. The fourth-order valence-electron chi connectivity index (χ4n) is 7.92. The Hall–Kier alpha value is -6.72. The van der Waals surface area contributed by atoms with Gasteiger partial charge in [-0.25, -0.2) is 4.98 Å². The molecule has 0 spiro atoms. The molecule has 5 nitrogen and oxygen atoms in total. The third kappa shape index (κ3) is 6.98. The van der Waals surface area contributed by atoms with Crippen LogP contribution in [0.15, 0.2) is 170 Å². The summed E-state index contributed by atoms with van der Waals surface area (Å²) in [5, 5.41) is 2.38. The van der Waals surface area contributed by atoms with Crippen molar-refractivity contribution < 1.29 is 9.30 Å². The molecular formula is C53H48N4O.